The highest BCUT2D eigenvalue weighted by Crippen LogP contribution is 2.01. The van der Waals surface area contributed by atoms with Crippen molar-refractivity contribution in [3.8, 4) is 0 Å². The lowest BCUT2D eigenvalue weighted by molar-refractivity contribution is -0.137. The number of aliphatic carboxylic acids is 1. The summed E-state index contributed by atoms with van der Waals surface area (Å²) >= 11 is 0. The van der Waals surface area contributed by atoms with Crippen LogP contribution < -0.4 is 0 Å². The topological polar surface area (TPSA) is 81.0 Å². The zero-order valence-electron chi connectivity index (χ0n) is 8.68. The highest BCUT2D eigenvalue weighted by Gasteiger charge is 2.14. The van der Waals surface area contributed by atoms with E-state index in [-0.39, 0.29) is 19.1 Å². The van der Waals surface area contributed by atoms with Crippen molar-refractivity contribution in [3.63, 3.8) is 0 Å². The lowest BCUT2D eigenvalue weighted by Gasteiger charge is -2.27. The van der Waals surface area contributed by atoms with Crippen molar-refractivity contribution in [1.82, 2.24) is 4.90 Å². The van der Waals surface area contributed by atoms with Crippen LogP contribution >= 0.6 is 0 Å². The van der Waals surface area contributed by atoms with E-state index in [1.165, 1.54) is 0 Å². The summed E-state index contributed by atoms with van der Waals surface area (Å²) in [5, 5.41) is 26.4. The number of carboxylic acids is 1. The van der Waals surface area contributed by atoms with Crippen LogP contribution in [0.5, 0.6) is 0 Å². The molecule has 0 amide bonds. The molecule has 0 aliphatic heterocycles. The Morgan fingerprint density at radius 3 is 2.36 bits per heavy atom. The molecule has 1 unspecified atom stereocenters. The number of nitrogens with zero attached hydrogens (tertiary/aromatic N) is 1. The predicted octanol–water partition coefficient (Wildman–Crippen LogP) is -0.475. The van der Waals surface area contributed by atoms with Crippen LogP contribution in [0.3, 0.4) is 0 Å². The van der Waals surface area contributed by atoms with E-state index >= 15 is 0 Å². The van der Waals surface area contributed by atoms with E-state index in [4.69, 9.17) is 10.2 Å². The second-order valence-corrected chi connectivity index (χ2v) is 3.57. The van der Waals surface area contributed by atoms with Gasteiger partial charge in [0.15, 0.2) is 0 Å². The summed E-state index contributed by atoms with van der Waals surface area (Å²) in [4.78, 5) is 12.2. The molecule has 1 atom stereocenters. The molecule has 84 valence electrons. The van der Waals surface area contributed by atoms with Crippen LogP contribution in [0.1, 0.15) is 20.3 Å². The van der Waals surface area contributed by atoms with Crippen molar-refractivity contribution in [3.05, 3.63) is 0 Å². The Morgan fingerprint density at radius 1 is 1.43 bits per heavy atom. The fourth-order valence-electron chi connectivity index (χ4n) is 1.13. The number of hydrogen-bond donors (Lipinski definition) is 3. The van der Waals surface area contributed by atoms with Crippen LogP contribution in [-0.2, 0) is 4.79 Å². The van der Waals surface area contributed by atoms with E-state index < -0.39 is 12.1 Å². The lowest BCUT2D eigenvalue weighted by Crippen LogP contribution is -2.40. The van der Waals surface area contributed by atoms with Crippen LogP contribution in [0.4, 0.5) is 0 Å². The highest BCUT2D eigenvalue weighted by atomic mass is 16.4. The Bertz CT molecular complexity index is 172. The van der Waals surface area contributed by atoms with E-state index in [1.807, 2.05) is 18.7 Å². The minimum atomic E-state index is -0.853. The molecule has 0 bridgehead atoms. The second kappa shape index (κ2) is 6.75. The third-order valence-electron chi connectivity index (χ3n) is 2.00. The van der Waals surface area contributed by atoms with Gasteiger partial charge in [-0.15, -0.1) is 0 Å². The molecule has 0 aromatic carbocycles. The molecule has 0 aliphatic rings. The minimum absolute atomic E-state index is 0.0519. The van der Waals surface area contributed by atoms with Crippen molar-refractivity contribution in [2.45, 2.75) is 32.4 Å². The molecule has 0 radical (unpaired) electrons. The molecule has 0 aliphatic carbocycles. The first-order valence-electron chi connectivity index (χ1n) is 4.72. The maximum atomic E-state index is 10.3. The van der Waals surface area contributed by atoms with Crippen molar-refractivity contribution >= 4 is 5.97 Å². The average Bonchev–Trinajstić information content (AvgIpc) is 2.10. The van der Waals surface area contributed by atoms with Crippen molar-refractivity contribution < 1.29 is 20.1 Å². The molecular weight excluding hydrogens is 186 g/mol. The van der Waals surface area contributed by atoms with E-state index in [9.17, 15) is 9.90 Å². The van der Waals surface area contributed by atoms with Gasteiger partial charge in [0.1, 0.15) is 0 Å². The van der Waals surface area contributed by atoms with Crippen molar-refractivity contribution in [2.75, 3.05) is 19.7 Å². The zero-order chi connectivity index (χ0) is 11.1. The van der Waals surface area contributed by atoms with Crippen LogP contribution in [0.2, 0.25) is 0 Å². The molecule has 0 heterocycles. The third-order valence-corrected chi connectivity index (χ3v) is 2.00. The van der Waals surface area contributed by atoms with Gasteiger partial charge in [-0.2, -0.15) is 0 Å². The molecule has 14 heavy (non-hydrogen) atoms. The Kier molecular flexibility index (Phi) is 6.44. The van der Waals surface area contributed by atoms with E-state index in [0.29, 0.717) is 13.1 Å². The van der Waals surface area contributed by atoms with Gasteiger partial charge in [-0.1, -0.05) is 0 Å². The molecule has 0 fully saturated rings. The Morgan fingerprint density at radius 2 is 2.00 bits per heavy atom. The number of aliphatic hydroxyl groups excluding tert-OH is 2. The van der Waals surface area contributed by atoms with Gasteiger partial charge in [0.2, 0.25) is 0 Å². The maximum absolute atomic E-state index is 10.3. The first-order valence-corrected chi connectivity index (χ1v) is 4.72. The number of carboxylic acid groups (broad SMARTS) is 1. The molecule has 5 nitrogen and oxygen atoms in total. The highest BCUT2D eigenvalue weighted by molar-refractivity contribution is 5.66. The lowest BCUT2D eigenvalue weighted by atomic mass is 10.2. The summed E-state index contributed by atoms with van der Waals surface area (Å²) in [5.41, 5.74) is 0. The van der Waals surface area contributed by atoms with Crippen LogP contribution in [0.15, 0.2) is 0 Å². The minimum Gasteiger partial charge on any atom is -0.481 e. The third kappa shape index (κ3) is 5.90. The van der Waals surface area contributed by atoms with Gasteiger partial charge in [-0.3, -0.25) is 9.69 Å². The van der Waals surface area contributed by atoms with Crippen molar-refractivity contribution in [2.24, 2.45) is 0 Å². The van der Waals surface area contributed by atoms with E-state index in [2.05, 4.69) is 0 Å². The number of aliphatic hydroxyl groups is 2. The molecular formula is C9H19NO4. The monoisotopic (exact) mass is 205 g/mol. The van der Waals surface area contributed by atoms with Gasteiger partial charge < -0.3 is 15.3 Å². The fourth-order valence-corrected chi connectivity index (χ4v) is 1.13. The van der Waals surface area contributed by atoms with Crippen LogP contribution in [-0.4, -0.2) is 58.0 Å². The first kappa shape index (κ1) is 13.4. The molecule has 5 heteroatoms. The summed E-state index contributed by atoms with van der Waals surface area (Å²) in [6.45, 7) is 4.25. The SMILES string of the molecule is CC(C)N(CCC(=O)O)CC(O)CO. The van der Waals surface area contributed by atoms with E-state index in [1.54, 1.807) is 0 Å². The van der Waals surface area contributed by atoms with Gasteiger partial charge in [-0.05, 0) is 13.8 Å². The van der Waals surface area contributed by atoms with Gasteiger partial charge in [0.05, 0.1) is 19.1 Å². The Hall–Kier alpha value is -0.650. The smallest absolute Gasteiger partial charge is 0.304 e. The van der Waals surface area contributed by atoms with Crippen molar-refractivity contribution in [1.29, 1.82) is 0 Å². The molecule has 0 saturated heterocycles. The maximum Gasteiger partial charge on any atom is 0.304 e. The van der Waals surface area contributed by atoms with Gasteiger partial charge in [0.25, 0.3) is 0 Å². The molecule has 0 spiro atoms. The number of hydrogen-bond acceptors (Lipinski definition) is 4. The summed E-state index contributed by atoms with van der Waals surface area (Å²) in [6, 6.07) is 0.163. The second-order valence-electron chi connectivity index (χ2n) is 3.57. The van der Waals surface area contributed by atoms with Gasteiger partial charge >= 0.3 is 5.97 Å². The molecule has 0 saturated carbocycles. The number of carbonyl (C=O) groups is 1. The summed E-state index contributed by atoms with van der Waals surface area (Å²) in [7, 11) is 0. The Balaban J connectivity index is 3.95. The number of rotatable bonds is 7. The fraction of sp³-hybridized carbons (Fsp3) is 0.889. The zero-order valence-corrected chi connectivity index (χ0v) is 8.68. The largest absolute Gasteiger partial charge is 0.481 e. The molecule has 0 aromatic heterocycles. The van der Waals surface area contributed by atoms with Crippen LogP contribution in [0.25, 0.3) is 0 Å². The summed E-state index contributed by atoms with van der Waals surface area (Å²) in [6.07, 6.45) is -0.748. The summed E-state index contributed by atoms with van der Waals surface area (Å²) < 4.78 is 0. The predicted molar refractivity (Wildman–Crippen MR) is 52.1 cm³/mol. The molecule has 0 rings (SSSR count). The summed E-state index contributed by atoms with van der Waals surface area (Å²) in [5.74, 6) is -0.853. The Labute approximate surface area is 84.0 Å². The average molecular weight is 205 g/mol. The molecule has 0 aromatic rings. The first-order chi connectivity index (χ1) is 6.47. The van der Waals surface area contributed by atoms with Crippen LogP contribution in [0, 0.1) is 0 Å². The van der Waals surface area contributed by atoms with Gasteiger partial charge in [-0.25, -0.2) is 0 Å². The standard InChI is InChI=1S/C9H19NO4/c1-7(2)10(4-3-9(13)14)5-8(12)6-11/h7-8,11-12H,3-6H2,1-2H3,(H,13,14). The van der Waals surface area contributed by atoms with E-state index in [0.717, 1.165) is 0 Å². The molecule has 3 N–H and O–H groups in total. The normalized spacial score (nSPS) is 13.6. The van der Waals surface area contributed by atoms with Gasteiger partial charge in [0, 0.05) is 19.1 Å². The quantitative estimate of drug-likeness (QED) is 0.523.